The molecule has 0 aromatic heterocycles. The van der Waals surface area contributed by atoms with Gasteiger partial charge in [0.2, 0.25) is 0 Å². The lowest BCUT2D eigenvalue weighted by Gasteiger charge is -2.40. The van der Waals surface area contributed by atoms with Crippen LogP contribution < -0.4 is 10.2 Å². The summed E-state index contributed by atoms with van der Waals surface area (Å²) in [6.07, 6.45) is 2.01. The molecule has 2 atom stereocenters. The van der Waals surface area contributed by atoms with Gasteiger partial charge >= 0.3 is 0 Å². The highest BCUT2D eigenvalue weighted by molar-refractivity contribution is 5.50. The number of hydrogen-bond acceptors (Lipinski definition) is 2. The van der Waals surface area contributed by atoms with Crippen LogP contribution in [0.3, 0.4) is 0 Å². The summed E-state index contributed by atoms with van der Waals surface area (Å²) in [5.74, 6) is -3.63. The molecule has 2 nitrogen and oxygen atoms in total. The largest absolute Gasteiger partial charge is 0.364 e. The molecule has 19 heavy (non-hydrogen) atoms. The van der Waals surface area contributed by atoms with Gasteiger partial charge in [0, 0.05) is 25.2 Å². The average molecular weight is 272 g/mol. The second-order valence-corrected chi connectivity index (χ2v) is 5.09. The van der Waals surface area contributed by atoms with Gasteiger partial charge in [0.15, 0.2) is 17.5 Å². The Morgan fingerprint density at radius 1 is 1.26 bits per heavy atom. The van der Waals surface area contributed by atoms with Gasteiger partial charge < -0.3 is 10.2 Å². The number of nitrogens with zero attached hydrogens (tertiary/aromatic N) is 1. The maximum Gasteiger partial charge on any atom is 0.196 e. The van der Waals surface area contributed by atoms with Crippen molar-refractivity contribution in [3.8, 4) is 0 Å². The molecule has 1 N–H and O–H groups in total. The Kier molecular flexibility index (Phi) is 4.34. The first-order valence-electron chi connectivity index (χ1n) is 6.68. The number of benzene rings is 1. The molecule has 1 aromatic carbocycles. The van der Waals surface area contributed by atoms with Crippen LogP contribution in [-0.2, 0) is 0 Å². The van der Waals surface area contributed by atoms with Gasteiger partial charge in [0.05, 0.1) is 5.69 Å². The molecule has 0 radical (unpaired) electrons. The molecule has 106 valence electrons. The lowest BCUT2D eigenvalue weighted by molar-refractivity contribution is 0.378. The van der Waals surface area contributed by atoms with Gasteiger partial charge in [-0.25, -0.2) is 13.2 Å². The molecule has 0 saturated carbocycles. The van der Waals surface area contributed by atoms with Crippen LogP contribution in [0.4, 0.5) is 18.9 Å². The maximum atomic E-state index is 13.9. The fourth-order valence-electron chi connectivity index (χ4n) is 2.54. The normalized spacial score (nSPS) is 23.7. The SMILES string of the molecule is CCCC1CN(c2ccc(F)c(F)c2F)C(C)CN1. The molecule has 0 bridgehead atoms. The highest BCUT2D eigenvalue weighted by atomic mass is 19.2. The van der Waals surface area contributed by atoms with Gasteiger partial charge in [0.25, 0.3) is 0 Å². The Morgan fingerprint density at radius 2 is 2.00 bits per heavy atom. The minimum absolute atomic E-state index is 0.0486. The molecule has 2 rings (SSSR count). The highest BCUT2D eigenvalue weighted by Gasteiger charge is 2.28. The van der Waals surface area contributed by atoms with Crippen molar-refractivity contribution in [3.05, 3.63) is 29.6 Å². The summed E-state index contributed by atoms with van der Waals surface area (Å²) in [4.78, 5) is 1.81. The molecule has 1 aliphatic rings. The Hall–Kier alpha value is -1.23. The molecule has 1 saturated heterocycles. The molecular formula is C14H19F3N2. The van der Waals surface area contributed by atoms with Crippen molar-refractivity contribution in [1.29, 1.82) is 0 Å². The number of halogens is 3. The first-order valence-corrected chi connectivity index (χ1v) is 6.68. The van der Waals surface area contributed by atoms with Gasteiger partial charge in [-0.05, 0) is 25.5 Å². The third-order valence-electron chi connectivity index (χ3n) is 3.61. The van der Waals surface area contributed by atoms with Crippen LogP contribution in [0.15, 0.2) is 12.1 Å². The van der Waals surface area contributed by atoms with E-state index in [1.807, 2.05) is 11.8 Å². The van der Waals surface area contributed by atoms with Crippen LogP contribution in [0.2, 0.25) is 0 Å². The Balaban J connectivity index is 2.26. The molecule has 1 heterocycles. The lowest BCUT2D eigenvalue weighted by atomic mass is 10.0. The zero-order valence-corrected chi connectivity index (χ0v) is 11.2. The molecule has 5 heteroatoms. The van der Waals surface area contributed by atoms with Crippen LogP contribution in [0.1, 0.15) is 26.7 Å². The van der Waals surface area contributed by atoms with Crippen molar-refractivity contribution < 1.29 is 13.2 Å². The van der Waals surface area contributed by atoms with Crippen molar-refractivity contribution in [2.45, 2.75) is 38.8 Å². The van der Waals surface area contributed by atoms with E-state index in [9.17, 15) is 13.2 Å². The fourth-order valence-corrected chi connectivity index (χ4v) is 2.54. The average Bonchev–Trinajstić information content (AvgIpc) is 2.39. The van der Waals surface area contributed by atoms with E-state index in [1.54, 1.807) is 0 Å². The van der Waals surface area contributed by atoms with E-state index in [-0.39, 0.29) is 17.8 Å². The monoisotopic (exact) mass is 272 g/mol. The van der Waals surface area contributed by atoms with Crippen molar-refractivity contribution in [2.24, 2.45) is 0 Å². The van der Waals surface area contributed by atoms with E-state index < -0.39 is 17.5 Å². The first kappa shape index (κ1) is 14.2. The summed E-state index contributed by atoms with van der Waals surface area (Å²) >= 11 is 0. The van der Waals surface area contributed by atoms with Crippen molar-refractivity contribution in [1.82, 2.24) is 5.32 Å². The molecule has 0 aliphatic carbocycles. The summed E-state index contributed by atoms with van der Waals surface area (Å²) in [6, 6.07) is 2.61. The highest BCUT2D eigenvalue weighted by Crippen LogP contribution is 2.27. The number of rotatable bonds is 3. The summed E-state index contributed by atoms with van der Waals surface area (Å²) in [5, 5.41) is 3.38. The lowest BCUT2D eigenvalue weighted by Crippen LogP contribution is -2.55. The second-order valence-electron chi connectivity index (χ2n) is 5.09. The number of anilines is 1. The maximum absolute atomic E-state index is 13.9. The standard InChI is InChI=1S/C14H19F3N2/c1-3-4-10-8-19(9(2)7-18-10)12-6-5-11(15)13(16)14(12)17/h5-6,9-10,18H,3-4,7-8H2,1-2H3. The van der Waals surface area contributed by atoms with E-state index in [1.165, 1.54) is 6.07 Å². The Bertz CT molecular complexity index is 451. The molecule has 0 amide bonds. The summed E-state index contributed by atoms with van der Waals surface area (Å²) in [7, 11) is 0. The van der Waals surface area contributed by atoms with E-state index in [4.69, 9.17) is 0 Å². The number of piperazine rings is 1. The second kappa shape index (κ2) is 5.82. The van der Waals surface area contributed by atoms with Crippen molar-refractivity contribution in [3.63, 3.8) is 0 Å². The van der Waals surface area contributed by atoms with Gasteiger partial charge in [0.1, 0.15) is 0 Å². The van der Waals surface area contributed by atoms with Crippen LogP contribution in [-0.4, -0.2) is 25.2 Å². The van der Waals surface area contributed by atoms with Crippen molar-refractivity contribution >= 4 is 5.69 Å². The van der Waals surface area contributed by atoms with E-state index in [0.717, 1.165) is 18.9 Å². The smallest absolute Gasteiger partial charge is 0.196 e. The molecule has 1 fully saturated rings. The van der Waals surface area contributed by atoms with Crippen LogP contribution in [0.5, 0.6) is 0 Å². The van der Waals surface area contributed by atoms with E-state index in [2.05, 4.69) is 12.2 Å². The molecule has 1 aliphatic heterocycles. The molecule has 0 spiro atoms. The van der Waals surface area contributed by atoms with E-state index >= 15 is 0 Å². The zero-order chi connectivity index (χ0) is 14.0. The summed E-state index contributed by atoms with van der Waals surface area (Å²) < 4.78 is 40.2. The predicted octanol–water partition coefficient (Wildman–Crippen LogP) is 3.07. The van der Waals surface area contributed by atoms with Gasteiger partial charge in [-0.3, -0.25) is 0 Å². The molecular weight excluding hydrogens is 253 g/mol. The molecule has 2 unspecified atom stereocenters. The van der Waals surface area contributed by atoms with Gasteiger partial charge in [-0.1, -0.05) is 13.3 Å². The van der Waals surface area contributed by atoms with Crippen LogP contribution >= 0.6 is 0 Å². The number of hydrogen-bond donors (Lipinski definition) is 1. The third-order valence-corrected chi connectivity index (χ3v) is 3.61. The fraction of sp³-hybridized carbons (Fsp3) is 0.571. The number of nitrogens with one attached hydrogen (secondary N) is 1. The zero-order valence-electron chi connectivity index (χ0n) is 11.2. The summed E-state index contributed by atoms with van der Waals surface area (Å²) in [6.45, 7) is 5.35. The van der Waals surface area contributed by atoms with Gasteiger partial charge in [-0.2, -0.15) is 0 Å². The van der Waals surface area contributed by atoms with Crippen LogP contribution in [0, 0.1) is 17.5 Å². The topological polar surface area (TPSA) is 15.3 Å². The Morgan fingerprint density at radius 3 is 2.68 bits per heavy atom. The summed E-state index contributed by atoms with van der Waals surface area (Å²) in [5.41, 5.74) is 0.147. The predicted molar refractivity (Wildman–Crippen MR) is 69.8 cm³/mol. The minimum atomic E-state index is -1.39. The molecule has 1 aromatic rings. The minimum Gasteiger partial charge on any atom is -0.364 e. The third kappa shape index (κ3) is 2.86. The van der Waals surface area contributed by atoms with Crippen molar-refractivity contribution in [2.75, 3.05) is 18.0 Å². The Labute approximate surface area is 111 Å². The van der Waals surface area contributed by atoms with E-state index in [0.29, 0.717) is 13.1 Å². The first-order chi connectivity index (χ1) is 9.04. The van der Waals surface area contributed by atoms with Gasteiger partial charge in [-0.15, -0.1) is 0 Å². The van der Waals surface area contributed by atoms with Crippen LogP contribution in [0.25, 0.3) is 0 Å². The quantitative estimate of drug-likeness (QED) is 0.851.